The number of nitrogens with zero attached hydrogens (tertiary/aromatic N) is 5. The number of nitrogens with one attached hydrogen (secondary N) is 1. The Labute approximate surface area is 286 Å². The first-order valence-corrected chi connectivity index (χ1v) is 17.0. The molecule has 1 aliphatic heterocycles. The molecule has 2 amide bonds. The predicted molar refractivity (Wildman–Crippen MR) is 186 cm³/mol. The molecule has 11 nitrogen and oxygen atoms in total. The number of methoxy groups -OCH3 is 3. The highest BCUT2D eigenvalue weighted by Gasteiger charge is 2.34. The molecule has 0 radical (unpaired) electrons. The van der Waals surface area contributed by atoms with Gasteiger partial charge in [0.15, 0.2) is 22.5 Å². The molecule has 5 aromatic rings. The van der Waals surface area contributed by atoms with Gasteiger partial charge in [0.2, 0.25) is 0 Å². The summed E-state index contributed by atoms with van der Waals surface area (Å²) >= 11 is 2.88. The van der Waals surface area contributed by atoms with Gasteiger partial charge in [0, 0.05) is 17.7 Å². The average Bonchev–Trinajstić information content (AvgIpc) is 3.90. The van der Waals surface area contributed by atoms with E-state index in [4.69, 9.17) is 19.3 Å². The maximum Gasteiger partial charge on any atom is 0.253 e. The second kappa shape index (κ2) is 14.7. The van der Waals surface area contributed by atoms with Crippen LogP contribution < -0.4 is 19.5 Å². The van der Waals surface area contributed by atoms with Crippen molar-refractivity contribution in [3.63, 3.8) is 0 Å². The quantitative estimate of drug-likeness (QED) is 0.158. The Morgan fingerprint density at radius 2 is 1.75 bits per heavy atom. The minimum Gasteiger partial charge on any atom is -0.497 e. The molecule has 0 fully saturated rings. The van der Waals surface area contributed by atoms with Crippen LogP contribution in [-0.2, 0) is 11.3 Å². The summed E-state index contributed by atoms with van der Waals surface area (Å²) in [5, 5.41) is 20.7. The largest absolute Gasteiger partial charge is 0.497 e. The van der Waals surface area contributed by atoms with Crippen molar-refractivity contribution in [3.8, 4) is 22.9 Å². The van der Waals surface area contributed by atoms with Crippen LogP contribution in [0.25, 0.3) is 5.69 Å². The van der Waals surface area contributed by atoms with Crippen LogP contribution in [0.15, 0.2) is 94.5 Å². The van der Waals surface area contributed by atoms with Gasteiger partial charge in [0.05, 0.1) is 50.3 Å². The van der Waals surface area contributed by atoms with Gasteiger partial charge in [-0.3, -0.25) is 14.2 Å². The number of thiophene rings is 1. The lowest BCUT2D eigenvalue weighted by Gasteiger charge is -2.22. The second-order valence-electron chi connectivity index (χ2n) is 10.9. The molecule has 6 rings (SSSR count). The summed E-state index contributed by atoms with van der Waals surface area (Å²) in [4.78, 5) is 28.0. The number of hydrazone groups is 1. The number of rotatable bonds is 12. The maximum absolute atomic E-state index is 13.9. The van der Waals surface area contributed by atoms with Crippen LogP contribution in [0.2, 0.25) is 0 Å². The third-order valence-electron chi connectivity index (χ3n) is 7.81. The topological polar surface area (TPSA) is 120 Å². The van der Waals surface area contributed by atoms with Gasteiger partial charge >= 0.3 is 0 Å². The van der Waals surface area contributed by atoms with E-state index in [9.17, 15) is 9.59 Å². The van der Waals surface area contributed by atoms with Gasteiger partial charge < -0.3 is 19.5 Å². The number of aryl methyl sites for hydroxylation is 1. The third-order valence-corrected chi connectivity index (χ3v) is 9.64. The fourth-order valence-corrected chi connectivity index (χ4v) is 6.93. The molecule has 0 bridgehead atoms. The number of carbonyl (C=O) groups excluding carboxylic acids is 2. The molecule has 2 aromatic heterocycles. The van der Waals surface area contributed by atoms with Crippen LogP contribution in [0.1, 0.15) is 44.6 Å². The van der Waals surface area contributed by atoms with Crippen LogP contribution in [-0.4, -0.2) is 64.4 Å². The summed E-state index contributed by atoms with van der Waals surface area (Å²) in [6, 6.07) is 24.4. The fraction of sp³-hybridized carbons (Fsp3) is 0.229. The SMILES string of the molecule is COc1ccc([C@@H]2CC(c3cccs3)=NN2C(=O)CSc2nnc(CNC(=O)c3ccc(OC)c(OC)c3)n2-c2cccc(C)c2)cc1. The van der Waals surface area contributed by atoms with Gasteiger partial charge in [-0.1, -0.05) is 42.1 Å². The molecule has 0 unspecified atom stereocenters. The van der Waals surface area contributed by atoms with E-state index in [1.54, 1.807) is 48.8 Å². The Morgan fingerprint density at radius 1 is 0.938 bits per heavy atom. The molecule has 3 aromatic carbocycles. The Kier molecular flexibility index (Phi) is 10.1. The highest BCUT2D eigenvalue weighted by molar-refractivity contribution is 7.99. The Hall–Kier alpha value is -5.14. The summed E-state index contributed by atoms with van der Waals surface area (Å²) in [6.45, 7) is 2.10. The van der Waals surface area contributed by atoms with Crippen molar-refractivity contribution in [1.29, 1.82) is 0 Å². The first kappa shape index (κ1) is 32.8. The highest BCUT2D eigenvalue weighted by atomic mass is 32.2. The highest BCUT2D eigenvalue weighted by Crippen LogP contribution is 2.35. The molecule has 0 saturated heterocycles. The molecule has 1 aliphatic rings. The van der Waals surface area contributed by atoms with E-state index in [1.165, 1.54) is 18.9 Å². The van der Waals surface area contributed by atoms with Crippen molar-refractivity contribution in [2.24, 2.45) is 5.10 Å². The molecule has 48 heavy (non-hydrogen) atoms. The molecular weight excluding hydrogens is 649 g/mol. The minimum atomic E-state index is -0.308. The molecule has 1 atom stereocenters. The maximum atomic E-state index is 13.9. The number of amides is 2. The summed E-state index contributed by atoms with van der Waals surface area (Å²) in [7, 11) is 4.69. The van der Waals surface area contributed by atoms with Gasteiger partial charge in [-0.25, -0.2) is 5.01 Å². The van der Waals surface area contributed by atoms with Crippen LogP contribution in [0, 0.1) is 6.92 Å². The van der Waals surface area contributed by atoms with E-state index in [0.29, 0.717) is 34.5 Å². The Morgan fingerprint density at radius 3 is 2.46 bits per heavy atom. The minimum absolute atomic E-state index is 0.0792. The summed E-state index contributed by atoms with van der Waals surface area (Å²) < 4.78 is 17.9. The van der Waals surface area contributed by atoms with Crippen LogP contribution in [0.4, 0.5) is 0 Å². The normalized spacial score (nSPS) is 14.0. The molecule has 246 valence electrons. The first-order valence-electron chi connectivity index (χ1n) is 15.1. The number of hydrogen-bond donors (Lipinski definition) is 1. The van der Waals surface area contributed by atoms with Gasteiger partial charge in [-0.15, -0.1) is 21.5 Å². The number of thioether (sulfide) groups is 1. The van der Waals surface area contributed by atoms with Crippen LogP contribution in [0.5, 0.6) is 17.2 Å². The van der Waals surface area contributed by atoms with Crippen molar-refractivity contribution < 1.29 is 23.8 Å². The van der Waals surface area contributed by atoms with Crippen molar-refractivity contribution in [2.45, 2.75) is 31.1 Å². The van der Waals surface area contributed by atoms with Gasteiger partial charge in [0.1, 0.15) is 5.75 Å². The van der Waals surface area contributed by atoms with Crippen molar-refractivity contribution in [2.75, 3.05) is 27.1 Å². The zero-order chi connectivity index (χ0) is 33.6. The number of benzene rings is 3. The zero-order valence-electron chi connectivity index (χ0n) is 26.9. The standard InChI is InChI=1S/C35H34N6O5S2/c1-22-7-5-8-25(17-22)40-32(20-36-34(43)24-12-15-29(45-3)30(18-24)46-4)37-38-35(40)48-21-33(42)41-28(23-10-13-26(44-2)14-11-23)19-27(39-41)31-9-6-16-47-31/h5-18,28H,19-21H2,1-4H3,(H,36,43)/t28-/m0/s1. The summed E-state index contributed by atoms with van der Waals surface area (Å²) in [5.74, 6) is 1.86. The van der Waals surface area contributed by atoms with Crippen molar-refractivity contribution in [1.82, 2.24) is 25.1 Å². The van der Waals surface area contributed by atoms with E-state index < -0.39 is 0 Å². The predicted octanol–water partition coefficient (Wildman–Crippen LogP) is 6.06. The lowest BCUT2D eigenvalue weighted by Crippen LogP contribution is -2.28. The summed E-state index contributed by atoms with van der Waals surface area (Å²) in [6.07, 6.45) is 0.604. The molecule has 0 spiro atoms. The van der Waals surface area contributed by atoms with Crippen LogP contribution in [0.3, 0.4) is 0 Å². The smallest absolute Gasteiger partial charge is 0.253 e. The van der Waals surface area contributed by atoms with Crippen molar-refractivity contribution >= 4 is 40.6 Å². The Balaban J connectivity index is 1.23. The molecule has 1 N–H and O–H groups in total. The average molecular weight is 683 g/mol. The van der Waals surface area contributed by atoms with Crippen LogP contribution >= 0.6 is 23.1 Å². The third kappa shape index (κ3) is 7.06. The molecule has 13 heteroatoms. The molecule has 0 saturated carbocycles. The monoisotopic (exact) mass is 682 g/mol. The lowest BCUT2D eigenvalue weighted by molar-refractivity contribution is -0.130. The van der Waals surface area contributed by atoms with E-state index >= 15 is 0 Å². The number of carbonyl (C=O) groups is 2. The second-order valence-corrected chi connectivity index (χ2v) is 12.8. The van der Waals surface area contributed by atoms with E-state index in [2.05, 4.69) is 15.5 Å². The Bertz CT molecular complexity index is 1940. The molecule has 0 aliphatic carbocycles. The van der Waals surface area contributed by atoms with E-state index in [1.807, 2.05) is 77.5 Å². The zero-order valence-corrected chi connectivity index (χ0v) is 28.5. The summed E-state index contributed by atoms with van der Waals surface area (Å²) in [5.41, 5.74) is 4.12. The van der Waals surface area contributed by atoms with Crippen molar-refractivity contribution in [3.05, 3.63) is 112 Å². The number of hydrogen-bond acceptors (Lipinski definition) is 10. The van der Waals surface area contributed by atoms with Gasteiger partial charge in [0.25, 0.3) is 11.8 Å². The number of aromatic nitrogens is 3. The van der Waals surface area contributed by atoms with Gasteiger partial charge in [-0.05, 0) is 72.0 Å². The molecular formula is C35H34N6O5S2. The van der Waals surface area contributed by atoms with Gasteiger partial charge in [-0.2, -0.15) is 5.10 Å². The molecule has 3 heterocycles. The fourth-order valence-electron chi connectivity index (χ4n) is 5.38. The lowest BCUT2D eigenvalue weighted by atomic mass is 10.0. The number of ether oxygens (including phenoxy) is 3. The van der Waals surface area contributed by atoms with E-state index in [0.717, 1.165) is 33.2 Å². The van der Waals surface area contributed by atoms with E-state index in [-0.39, 0.29) is 30.2 Å². The first-order chi connectivity index (χ1) is 23.4.